The third kappa shape index (κ3) is 4.73. The fourth-order valence-corrected chi connectivity index (χ4v) is 9.52. The first-order chi connectivity index (χ1) is 15.3. The molecular formula is C27H44O5S. The second-order valence-electron chi connectivity index (χ2n) is 12.6. The Morgan fingerprint density at radius 2 is 1.79 bits per heavy atom. The standard InChI is InChI=1S/C27H44O5S/c1-17(2)25(32-33(29,30)31)11-6-18(3)22-9-10-23-21-8-7-19-16-20(28)12-14-26(19,4)24(21)13-15-27(22,23)5/h12,14,17-19,21-25H,6-11,13,15-16H2,1-5H3,(H,29,30,31)/t18-,19?,21+,22-,23+,24+,25-,26+,27-/m1/s1. The maximum Gasteiger partial charge on any atom is 0.397 e. The molecule has 33 heavy (non-hydrogen) atoms. The molecular weight excluding hydrogens is 436 g/mol. The molecule has 0 aromatic rings. The van der Waals surface area contributed by atoms with E-state index in [-0.39, 0.29) is 11.3 Å². The van der Waals surface area contributed by atoms with E-state index >= 15 is 0 Å². The van der Waals surface area contributed by atoms with Gasteiger partial charge in [0.1, 0.15) is 0 Å². The molecule has 4 aliphatic carbocycles. The van der Waals surface area contributed by atoms with Crippen LogP contribution in [0.25, 0.3) is 0 Å². The number of fused-ring (bicyclic) bond motifs is 5. The third-order valence-electron chi connectivity index (χ3n) is 10.7. The van der Waals surface area contributed by atoms with Gasteiger partial charge >= 0.3 is 10.4 Å². The summed E-state index contributed by atoms with van der Waals surface area (Å²) in [6.45, 7) is 11.2. The number of hydrogen-bond donors (Lipinski definition) is 1. The van der Waals surface area contributed by atoms with Crippen LogP contribution in [-0.4, -0.2) is 24.9 Å². The van der Waals surface area contributed by atoms with Gasteiger partial charge in [-0.2, -0.15) is 8.42 Å². The summed E-state index contributed by atoms with van der Waals surface area (Å²) in [4.78, 5) is 12.1. The van der Waals surface area contributed by atoms with Crippen LogP contribution in [0, 0.1) is 52.3 Å². The summed E-state index contributed by atoms with van der Waals surface area (Å²) in [5.41, 5.74) is 0.523. The Bertz CT molecular complexity index is 879. The fraction of sp³-hybridized carbons (Fsp3) is 0.889. The summed E-state index contributed by atoms with van der Waals surface area (Å²) < 4.78 is 36.7. The van der Waals surface area contributed by atoms with E-state index in [0.29, 0.717) is 41.3 Å². The van der Waals surface area contributed by atoms with Crippen molar-refractivity contribution in [3.63, 3.8) is 0 Å². The molecule has 1 N–H and O–H groups in total. The van der Waals surface area contributed by atoms with Crippen LogP contribution in [0.3, 0.4) is 0 Å². The molecule has 0 radical (unpaired) electrons. The predicted octanol–water partition coefficient (Wildman–Crippen LogP) is 6.25. The van der Waals surface area contributed by atoms with Gasteiger partial charge < -0.3 is 0 Å². The largest absolute Gasteiger partial charge is 0.397 e. The quantitative estimate of drug-likeness (QED) is 0.436. The molecule has 4 aliphatic rings. The minimum absolute atomic E-state index is 0.0350. The maximum atomic E-state index is 12.1. The van der Waals surface area contributed by atoms with Gasteiger partial charge in [0.15, 0.2) is 5.78 Å². The molecule has 0 bridgehead atoms. The van der Waals surface area contributed by atoms with Crippen LogP contribution in [0.1, 0.15) is 92.4 Å². The highest BCUT2D eigenvalue weighted by molar-refractivity contribution is 7.80. The normalized spacial score (nSPS) is 42.5. The Morgan fingerprint density at radius 3 is 2.45 bits per heavy atom. The molecule has 0 aromatic heterocycles. The van der Waals surface area contributed by atoms with Crippen molar-refractivity contribution in [3.8, 4) is 0 Å². The lowest BCUT2D eigenvalue weighted by atomic mass is 9.45. The first-order valence-electron chi connectivity index (χ1n) is 13.2. The predicted molar refractivity (Wildman–Crippen MR) is 130 cm³/mol. The Morgan fingerprint density at radius 1 is 1.06 bits per heavy atom. The number of allylic oxidation sites excluding steroid dienone is 2. The van der Waals surface area contributed by atoms with E-state index in [1.807, 2.05) is 19.9 Å². The van der Waals surface area contributed by atoms with E-state index in [2.05, 4.69) is 26.8 Å². The molecule has 5 nitrogen and oxygen atoms in total. The zero-order valence-corrected chi connectivity index (χ0v) is 21.9. The van der Waals surface area contributed by atoms with Crippen LogP contribution >= 0.6 is 0 Å². The molecule has 4 rings (SSSR count). The summed E-state index contributed by atoms with van der Waals surface area (Å²) in [5, 5.41) is 0. The van der Waals surface area contributed by atoms with E-state index in [4.69, 9.17) is 8.74 Å². The minimum Gasteiger partial charge on any atom is -0.295 e. The molecule has 0 aliphatic heterocycles. The van der Waals surface area contributed by atoms with E-state index in [1.165, 1.54) is 38.5 Å². The maximum absolute atomic E-state index is 12.1. The van der Waals surface area contributed by atoms with Crippen molar-refractivity contribution in [3.05, 3.63) is 12.2 Å². The number of hydrogen-bond acceptors (Lipinski definition) is 4. The van der Waals surface area contributed by atoms with Gasteiger partial charge in [-0.15, -0.1) is 0 Å². The van der Waals surface area contributed by atoms with E-state index < -0.39 is 16.5 Å². The van der Waals surface area contributed by atoms with Crippen molar-refractivity contribution in [2.75, 3.05) is 0 Å². The smallest absolute Gasteiger partial charge is 0.295 e. The Labute approximate surface area is 201 Å². The van der Waals surface area contributed by atoms with Gasteiger partial charge in [-0.05, 0) is 110 Å². The van der Waals surface area contributed by atoms with Crippen LogP contribution in [-0.2, 0) is 19.4 Å². The average Bonchev–Trinajstić information content (AvgIpc) is 3.07. The first kappa shape index (κ1) is 25.4. The molecule has 9 atom stereocenters. The molecule has 0 aromatic carbocycles. The van der Waals surface area contributed by atoms with Gasteiger partial charge in [0.05, 0.1) is 6.10 Å². The number of rotatable bonds is 7. The van der Waals surface area contributed by atoms with E-state index in [9.17, 15) is 13.2 Å². The van der Waals surface area contributed by atoms with Crippen molar-refractivity contribution in [2.24, 2.45) is 52.3 Å². The van der Waals surface area contributed by atoms with Crippen molar-refractivity contribution in [1.82, 2.24) is 0 Å². The summed E-state index contributed by atoms with van der Waals surface area (Å²) in [6, 6.07) is 0. The van der Waals surface area contributed by atoms with Gasteiger partial charge in [-0.3, -0.25) is 9.35 Å². The monoisotopic (exact) mass is 480 g/mol. The third-order valence-corrected chi connectivity index (χ3v) is 11.2. The van der Waals surface area contributed by atoms with Gasteiger partial charge in [0.25, 0.3) is 0 Å². The molecule has 0 saturated heterocycles. The zero-order valence-electron chi connectivity index (χ0n) is 21.1. The lowest BCUT2D eigenvalue weighted by Crippen LogP contribution is -2.52. The summed E-state index contributed by atoms with van der Waals surface area (Å²) in [5.74, 6) is 4.22. The van der Waals surface area contributed by atoms with Crippen molar-refractivity contribution >= 4 is 16.2 Å². The summed E-state index contributed by atoms with van der Waals surface area (Å²) in [7, 11) is -4.43. The summed E-state index contributed by atoms with van der Waals surface area (Å²) >= 11 is 0. The van der Waals surface area contributed by atoms with E-state index in [0.717, 1.165) is 24.7 Å². The van der Waals surface area contributed by atoms with E-state index in [1.54, 1.807) is 0 Å². The average molecular weight is 481 g/mol. The second kappa shape index (κ2) is 9.05. The Balaban J connectivity index is 1.45. The van der Waals surface area contributed by atoms with Gasteiger partial charge in [-0.25, -0.2) is 4.18 Å². The number of ketones is 1. The van der Waals surface area contributed by atoms with Crippen molar-refractivity contribution in [1.29, 1.82) is 0 Å². The SMILES string of the molecule is CC(C)[C@@H](CC[C@@H](C)[C@H]1CC[C@H]2[C@@H]3CCC4CC(=O)C=C[C@]4(C)[C@H]3CC[C@]12C)OS(=O)(=O)O. The first-order valence-corrected chi connectivity index (χ1v) is 14.6. The van der Waals surface area contributed by atoms with Gasteiger partial charge in [-0.1, -0.05) is 40.7 Å². The zero-order chi connectivity index (χ0) is 24.2. The highest BCUT2D eigenvalue weighted by atomic mass is 32.3. The van der Waals surface area contributed by atoms with Crippen LogP contribution in [0.5, 0.6) is 0 Å². The Kier molecular flexibility index (Phi) is 6.96. The second-order valence-corrected chi connectivity index (χ2v) is 13.7. The van der Waals surface area contributed by atoms with Gasteiger partial charge in [0, 0.05) is 6.42 Å². The summed E-state index contributed by atoms with van der Waals surface area (Å²) in [6.07, 6.45) is 13.5. The van der Waals surface area contributed by atoms with Crippen LogP contribution in [0.2, 0.25) is 0 Å². The Hall–Kier alpha value is -0.720. The lowest BCUT2D eigenvalue weighted by Gasteiger charge is -2.59. The highest BCUT2D eigenvalue weighted by Crippen LogP contribution is 2.67. The molecule has 0 amide bonds. The molecule has 0 spiro atoms. The molecule has 3 fully saturated rings. The van der Waals surface area contributed by atoms with Crippen LogP contribution < -0.4 is 0 Å². The van der Waals surface area contributed by atoms with Gasteiger partial charge in [0.2, 0.25) is 0 Å². The van der Waals surface area contributed by atoms with Crippen LogP contribution in [0.15, 0.2) is 12.2 Å². The molecule has 6 heteroatoms. The topological polar surface area (TPSA) is 80.7 Å². The number of carbonyl (C=O) groups is 1. The van der Waals surface area contributed by atoms with Crippen LogP contribution in [0.4, 0.5) is 0 Å². The highest BCUT2D eigenvalue weighted by Gasteiger charge is 2.60. The number of carbonyl (C=O) groups excluding carboxylic acids is 1. The minimum atomic E-state index is -4.43. The van der Waals surface area contributed by atoms with Crippen molar-refractivity contribution < 1.29 is 21.9 Å². The molecule has 188 valence electrons. The molecule has 3 saturated carbocycles. The molecule has 0 heterocycles. The lowest BCUT2D eigenvalue weighted by molar-refractivity contribution is -0.122. The fourth-order valence-electron chi connectivity index (χ4n) is 8.89. The van der Waals surface area contributed by atoms with Crippen molar-refractivity contribution in [2.45, 2.75) is 98.5 Å². The molecule has 1 unspecified atom stereocenters.